The standard InChI is InChI=1S/C58H37N3O/c1-3-14-38(15-4-1)40-26-29-47(30-27-40)61(49-31-28-39-16-7-8-19-42(39)32-49)48-23-13-22-45(33-48)58-59-54-25-12-11-24-50(54)56(60-58)46-35-51(41-17-5-2-6-18-41)57-53(36-46)52-34-43-20-9-10-21-44(43)37-55(52)62-57/h1-37H. The van der Waals surface area contributed by atoms with E-state index in [0.29, 0.717) is 5.82 Å². The van der Waals surface area contributed by atoms with E-state index in [2.05, 4.69) is 223 Å². The first-order chi connectivity index (χ1) is 30.7. The minimum Gasteiger partial charge on any atom is -0.455 e. The first-order valence-electron chi connectivity index (χ1n) is 21.0. The predicted molar refractivity (Wildman–Crippen MR) is 258 cm³/mol. The second-order valence-electron chi connectivity index (χ2n) is 15.8. The van der Waals surface area contributed by atoms with Crippen molar-refractivity contribution in [2.24, 2.45) is 0 Å². The van der Waals surface area contributed by atoms with Gasteiger partial charge in [0.05, 0.1) is 11.2 Å². The van der Waals surface area contributed by atoms with E-state index >= 15 is 0 Å². The van der Waals surface area contributed by atoms with Gasteiger partial charge in [-0.2, -0.15) is 0 Å². The summed E-state index contributed by atoms with van der Waals surface area (Å²) >= 11 is 0. The van der Waals surface area contributed by atoms with E-state index in [1.54, 1.807) is 0 Å². The van der Waals surface area contributed by atoms with Gasteiger partial charge in [0.25, 0.3) is 0 Å². The van der Waals surface area contributed by atoms with E-state index in [-0.39, 0.29) is 0 Å². The number of benzene rings is 10. The maximum atomic E-state index is 6.74. The summed E-state index contributed by atoms with van der Waals surface area (Å²) in [6.07, 6.45) is 0. The van der Waals surface area contributed by atoms with Crippen molar-refractivity contribution in [2.45, 2.75) is 0 Å². The van der Waals surface area contributed by atoms with Crippen LogP contribution >= 0.6 is 0 Å². The molecule has 0 aliphatic heterocycles. The van der Waals surface area contributed by atoms with Gasteiger partial charge in [0, 0.05) is 49.9 Å². The fourth-order valence-corrected chi connectivity index (χ4v) is 8.94. The van der Waals surface area contributed by atoms with E-state index in [9.17, 15) is 0 Å². The Hall–Kier alpha value is -8.34. The summed E-state index contributed by atoms with van der Waals surface area (Å²) in [5, 5.41) is 7.82. The van der Waals surface area contributed by atoms with Gasteiger partial charge in [-0.05, 0) is 105 Å². The van der Waals surface area contributed by atoms with Crippen molar-refractivity contribution in [3.05, 3.63) is 224 Å². The molecule has 0 spiro atoms. The molecule has 0 amide bonds. The molecule has 0 aliphatic rings. The molecular formula is C58H37N3O. The Morgan fingerprint density at radius 3 is 1.74 bits per heavy atom. The minimum atomic E-state index is 0.655. The third kappa shape index (κ3) is 6.25. The Balaban J connectivity index is 1.04. The summed E-state index contributed by atoms with van der Waals surface area (Å²) in [6.45, 7) is 0. The zero-order chi connectivity index (χ0) is 41.0. The summed E-state index contributed by atoms with van der Waals surface area (Å²) in [4.78, 5) is 13.0. The number of hydrogen-bond donors (Lipinski definition) is 0. The quantitative estimate of drug-likeness (QED) is 0.161. The second-order valence-corrected chi connectivity index (χ2v) is 15.8. The maximum Gasteiger partial charge on any atom is 0.160 e. The Morgan fingerprint density at radius 2 is 0.952 bits per heavy atom. The maximum absolute atomic E-state index is 6.74. The lowest BCUT2D eigenvalue weighted by molar-refractivity contribution is 0.670. The molecule has 0 aliphatic carbocycles. The Labute approximate surface area is 358 Å². The van der Waals surface area contributed by atoms with E-state index in [1.165, 1.54) is 27.3 Å². The highest BCUT2D eigenvalue weighted by atomic mass is 16.3. The first-order valence-corrected chi connectivity index (χ1v) is 21.0. The number of fused-ring (bicyclic) bond motifs is 6. The van der Waals surface area contributed by atoms with Crippen molar-refractivity contribution in [1.29, 1.82) is 0 Å². The van der Waals surface area contributed by atoms with Crippen LogP contribution in [-0.4, -0.2) is 9.97 Å². The van der Waals surface area contributed by atoms with Crippen LogP contribution in [0.1, 0.15) is 0 Å². The van der Waals surface area contributed by atoms with Gasteiger partial charge < -0.3 is 9.32 Å². The largest absolute Gasteiger partial charge is 0.455 e. The molecule has 12 aromatic rings. The molecule has 2 aromatic heterocycles. The highest BCUT2D eigenvalue weighted by Crippen LogP contribution is 2.43. The normalized spacial score (nSPS) is 11.5. The highest BCUT2D eigenvalue weighted by molar-refractivity contribution is 6.15. The van der Waals surface area contributed by atoms with E-state index in [0.717, 1.165) is 83.2 Å². The molecule has 0 N–H and O–H groups in total. The van der Waals surface area contributed by atoms with Crippen LogP contribution in [0.4, 0.5) is 17.1 Å². The fraction of sp³-hybridized carbons (Fsp3) is 0. The van der Waals surface area contributed by atoms with E-state index < -0.39 is 0 Å². The SMILES string of the molecule is c1ccc(-c2ccc(N(c3cccc(-c4nc(-c5cc(-c6ccccc6)c6oc7cc8ccccc8cc7c6c5)c5ccccc5n4)c3)c3ccc4ccccc4c3)cc2)cc1. The fourth-order valence-electron chi connectivity index (χ4n) is 8.94. The number of anilines is 3. The average molecular weight is 792 g/mol. The number of rotatable bonds is 7. The van der Waals surface area contributed by atoms with Gasteiger partial charge in [-0.1, -0.05) is 158 Å². The van der Waals surface area contributed by atoms with Crippen molar-refractivity contribution in [1.82, 2.24) is 9.97 Å². The minimum absolute atomic E-state index is 0.655. The van der Waals surface area contributed by atoms with Gasteiger partial charge >= 0.3 is 0 Å². The lowest BCUT2D eigenvalue weighted by Gasteiger charge is -2.26. The van der Waals surface area contributed by atoms with Gasteiger partial charge in [0.15, 0.2) is 5.82 Å². The number of nitrogens with zero attached hydrogens (tertiary/aromatic N) is 3. The molecule has 0 fully saturated rings. The van der Waals surface area contributed by atoms with Crippen molar-refractivity contribution in [3.63, 3.8) is 0 Å². The monoisotopic (exact) mass is 791 g/mol. The summed E-state index contributed by atoms with van der Waals surface area (Å²) in [7, 11) is 0. The van der Waals surface area contributed by atoms with Crippen molar-refractivity contribution in [2.75, 3.05) is 4.90 Å². The molecular weight excluding hydrogens is 755 g/mol. The molecule has 4 heteroatoms. The van der Waals surface area contributed by atoms with E-state index in [4.69, 9.17) is 14.4 Å². The summed E-state index contributed by atoms with van der Waals surface area (Å²) in [5.41, 5.74) is 13.0. The van der Waals surface area contributed by atoms with Crippen molar-refractivity contribution < 1.29 is 4.42 Å². The number of aromatic nitrogens is 2. The van der Waals surface area contributed by atoms with Crippen LogP contribution in [-0.2, 0) is 0 Å². The van der Waals surface area contributed by atoms with Crippen molar-refractivity contribution >= 4 is 71.4 Å². The molecule has 10 aromatic carbocycles. The Kier molecular flexibility index (Phi) is 8.46. The van der Waals surface area contributed by atoms with Crippen LogP contribution in [0, 0.1) is 0 Å². The second kappa shape index (κ2) is 14.7. The van der Waals surface area contributed by atoms with Gasteiger partial charge in [0.1, 0.15) is 11.2 Å². The van der Waals surface area contributed by atoms with Crippen LogP contribution in [0.5, 0.6) is 0 Å². The molecule has 0 unspecified atom stereocenters. The zero-order valence-corrected chi connectivity index (χ0v) is 33.6. The first kappa shape index (κ1) is 35.6. The summed E-state index contributed by atoms with van der Waals surface area (Å²) in [5.74, 6) is 0.655. The van der Waals surface area contributed by atoms with Crippen LogP contribution in [0.2, 0.25) is 0 Å². The lowest BCUT2D eigenvalue weighted by Crippen LogP contribution is -2.10. The topological polar surface area (TPSA) is 42.2 Å². The average Bonchev–Trinajstić information content (AvgIpc) is 3.70. The van der Waals surface area contributed by atoms with Gasteiger partial charge in [-0.15, -0.1) is 0 Å². The van der Waals surface area contributed by atoms with E-state index in [1.807, 2.05) is 6.07 Å². The van der Waals surface area contributed by atoms with Crippen LogP contribution < -0.4 is 4.90 Å². The number of hydrogen-bond acceptors (Lipinski definition) is 4. The number of para-hydroxylation sites is 1. The number of furan rings is 1. The van der Waals surface area contributed by atoms with Gasteiger partial charge in [-0.3, -0.25) is 0 Å². The Bertz CT molecular complexity index is 3630. The smallest absolute Gasteiger partial charge is 0.160 e. The molecule has 0 radical (unpaired) electrons. The molecule has 0 bridgehead atoms. The molecule has 2 heterocycles. The molecule has 4 nitrogen and oxygen atoms in total. The van der Waals surface area contributed by atoms with Gasteiger partial charge in [0.2, 0.25) is 0 Å². The van der Waals surface area contributed by atoms with Gasteiger partial charge in [-0.25, -0.2) is 9.97 Å². The van der Waals surface area contributed by atoms with Crippen LogP contribution in [0.3, 0.4) is 0 Å². The zero-order valence-electron chi connectivity index (χ0n) is 33.6. The third-order valence-corrected chi connectivity index (χ3v) is 12.0. The van der Waals surface area contributed by atoms with Crippen LogP contribution in [0.25, 0.3) is 99.3 Å². The van der Waals surface area contributed by atoms with Crippen LogP contribution in [0.15, 0.2) is 229 Å². The van der Waals surface area contributed by atoms with Crippen molar-refractivity contribution in [3.8, 4) is 44.9 Å². The molecule has 290 valence electrons. The third-order valence-electron chi connectivity index (χ3n) is 12.0. The molecule has 0 saturated carbocycles. The summed E-state index contributed by atoms with van der Waals surface area (Å²) < 4.78 is 6.74. The molecule has 0 atom stereocenters. The summed E-state index contributed by atoms with van der Waals surface area (Å²) in [6, 6.07) is 79.3. The molecule has 62 heavy (non-hydrogen) atoms. The predicted octanol–water partition coefficient (Wildman–Crippen LogP) is 16.0. The Morgan fingerprint density at radius 1 is 0.339 bits per heavy atom. The lowest BCUT2D eigenvalue weighted by atomic mass is 9.96. The molecule has 0 saturated heterocycles. The highest BCUT2D eigenvalue weighted by Gasteiger charge is 2.20. The molecule has 12 rings (SSSR count).